The molecule has 0 aromatic heterocycles. The first-order chi connectivity index (χ1) is 9.47. The first-order valence-electron chi connectivity index (χ1n) is 6.43. The van der Waals surface area contributed by atoms with Crippen LogP contribution in [0.3, 0.4) is 0 Å². The summed E-state index contributed by atoms with van der Waals surface area (Å²) in [6, 6.07) is 4.89. The molecule has 1 saturated heterocycles. The summed E-state index contributed by atoms with van der Waals surface area (Å²) >= 11 is 3.39. The molecule has 6 nitrogen and oxygen atoms in total. The van der Waals surface area contributed by atoms with Gasteiger partial charge in [-0.1, -0.05) is 0 Å². The molecule has 0 spiro atoms. The van der Waals surface area contributed by atoms with Crippen molar-refractivity contribution in [2.24, 2.45) is 0 Å². The molecule has 20 heavy (non-hydrogen) atoms. The maximum atomic E-state index is 11.1. The number of non-ortho nitro benzene ring substituents is 1. The minimum Gasteiger partial charge on any atom is -0.369 e. The summed E-state index contributed by atoms with van der Waals surface area (Å²) in [5.74, 6) is -0.0281. The average molecular weight is 342 g/mol. The SMILES string of the molecule is CC(=O)NC1CCCN(c2ccc([N+](=O)[O-])cc2Br)C1. The number of hydrogen-bond acceptors (Lipinski definition) is 4. The Balaban J connectivity index is 2.14. The quantitative estimate of drug-likeness (QED) is 0.676. The Labute approximate surface area is 125 Å². The summed E-state index contributed by atoms with van der Waals surface area (Å²) in [5, 5.41) is 13.7. The van der Waals surface area contributed by atoms with E-state index in [9.17, 15) is 14.9 Å². The van der Waals surface area contributed by atoms with E-state index in [2.05, 4.69) is 26.1 Å². The molecule has 1 aliphatic rings. The molecule has 1 unspecified atom stereocenters. The van der Waals surface area contributed by atoms with Gasteiger partial charge in [-0.15, -0.1) is 0 Å². The van der Waals surface area contributed by atoms with Crippen molar-refractivity contribution < 1.29 is 9.72 Å². The van der Waals surface area contributed by atoms with E-state index >= 15 is 0 Å². The second-order valence-corrected chi connectivity index (χ2v) is 5.73. The number of halogens is 1. The zero-order chi connectivity index (χ0) is 14.7. The standard InChI is InChI=1S/C13H16BrN3O3/c1-9(18)15-10-3-2-6-16(8-10)13-5-4-11(17(19)20)7-12(13)14/h4-5,7,10H,2-3,6,8H2,1H3,(H,15,18). The minimum absolute atomic E-state index is 0.0281. The monoisotopic (exact) mass is 341 g/mol. The highest BCUT2D eigenvalue weighted by atomic mass is 79.9. The van der Waals surface area contributed by atoms with Gasteiger partial charge in [0, 0.05) is 42.7 Å². The summed E-state index contributed by atoms with van der Waals surface area (Å²) in [4.78, 5) is 23.6. The van der Waals surface area contributed by atoms with Gasteiger partial charge in [-0.2, -0.15) is 0 Å². The minimum atomic E-state index is -0.412. The van der Waals surface area contributed by atoms with E-state index in [1.165, 1.54) is 19.1 Å². The predicted molar refractivity (Wildman–Crippen MR) is 79.8 cm³/mol. The Morgan fingerprint density at radius 2 is 2.30 bits per heavy atom. The zero-order valence-electron chi connectivity index (χ0n) is 11.1. The Morgan fingerprint density at radius 3 is 2.90 bits per heavy atom. The van der Waals surface area contributed by atoms with Gasteiger partial charge in [0.25, 0.3) is 5.69 Å². The number of carbonyl (C=O) groups is 1. The van der Waals surface area contributed by atoms with Crippen LogP contribution in [0.15, 0.2) is 22.7 Å². The van der Waals surface area contributed by atoms with Gasteiger partial charge in [0.15, 0.2) is 0 Å². The van der Waals surface area contributed by atoms with Crippen molar-refractivity contribution in [2.75, 3.05) is 18.0 Å². The number of amides is 1. The maximum Gasteiger partial charge on any atom is 0.270 e. The molecule has 0 saturated carbocycles. The van der Waals surface area contributed by atoms with Crippen LogP contribution in [0.5, 0.6) is 0 Å². The van der Waals surface area contributed by atoms with Crippen molar-refractivity contribution in [1.82, 2.24) is 5.32 Å². The van der Waals surface area contributed by atoms with Gasteiger partial charge in [0.1, 0.15) is 0 Å². The lowest BCUT2D eigenvalue weighted by Crippen LogP contribution is -2.47. The summed E-state index contributed by atoms with van der Waals surface area (Å²) in [6.07, 6.45) is 1.94. The Hall–Kier alpha value is -1.63. The molecule has 7 heteroatoms. The van der Waals surface area contributed by atoms with Gasteiger partial charge >= 0.3 is 0 Å². The van der Waals surface area contributed by atoms with Gasteiger partial charge in [-0.3, -0.25) is 14.9 Å². The number of anilines is 1. The number of piperidine rings is 1. The lowest BCUT2D eigenvalue weighted by molar-refractivity contribution is -0.384. The third-order valence-corrected chi connectivity index (χ3v) is 3.95. The molecule has 1 aliphatic heterocycles. The van der Waals surface area contributed by atoms with Crippen molar-refractivity contribution in [2.45, 2.75) is 25.8 Å². The second-order valence-electron chi connectivity index (χ2n) is 4.88. The summed E-state index contributed by atoms with van der Waals surface area (Å²) in [5.41, 5.74) is 0.988. The number of benzene rings is 1. The van der Waals surface area contributed by atoms with Gasteiger partial charge < -0.3 is 10.2 Å². The molecule has 108 valence electrons. The molecule has 1 amide bonds. The molecule has 0 aliphatic carbocycles. The van der Waals surface area contributed by atoms with Crippen molar-refractivity contribution in [3.05, 3.63) is 32.8 Å². The van der Waals surface area contributed by atoms with E-state index in [1.807, 2.05) is 0 Å². The van der Waals surface area contributed by atoms with E-state index in [0.29, 0.717) is 4.47 Å². The number of rotatable bonds is 3. The first kappa shape index (κ1) is 14.8. The third-order valence-electron chi connectivity index (χ3n) is 3.31. The third kappa shape index (κ3) is 3.47. The lowest BCUT2D eigenvalue weighted by atomic mass is 10.0. The van der Waals surface area contributed by atoms with Crippen LogP contribution in [-0.2, 0) is 4.79 Å². The fraction of sp³-hybridized carbons (Fsp3) is 0.462. The summed E-state index contributed by atoms with van der Waals surface area (Å²) in [7, 11) is 0. The number of nitrogens with one attached hydrogen (secondary N) is 1. The number of hydrogen-bond donors (Lipinski definition) is 1. The van der Waals surface area contributed by atoms with Crippen LogP contribution in [0.4, 0.5) is 11.4 Å². The Bertz CT molecular complexity index is 536. The molecule has 1 atom stereocenters. The van der Waals surface area contributed by atoms with Gasteiger partial charge in [0.2, 0.25) is 5.91 Å². The Kier molecular flexibility index (Phi) is 4.59. The number of carbonyl (C=O) groups excluding carboxylic acids is 1. The molecule has 0 radical (unpaired) electrons. The first-order valence-corrected chi connectivity index (χ1v) is 7.22. The molecule has 1 heterocycles. The summed E-state index contributed by atoms with van der Waals surface area (Å²) in [6.45, 7) is 3.11. The molecule has 1 N–H and O–H groups in total. The molecule has 1 fully saturated rings. The van der Waals surface area contributed by atoms with Crippen LogP contribution >= 0.6 is 15.9 Å². The summed E-state index contributed by atoms with van der Waals surface area (Å²) < 4.78 is 0.704. The van der Waals surface area contributed by atoms with Crippen LogP contribution in [0.1, 0.15) is 19.8 Å². The molecule has 2 rings (SSSR count). The zero-order valence-corrected chi connectivity index (χ0v) is 12.7. The molecule has 1 aromatic rings. The largest absolute Gasteiger partial charge is 0.369 e. The highest BCUT2D eigenvalue weighted by molar-refractivity contribution is 9.10. The normalized spacial score (nSPS) is 18.7. The number of nitro groups is 1. The van der Waals surface area contributed by atoms with Crippen molar-refractivity contribution >= 4 is 33.2 Å². The molecular weight excluding hydrogens is 326 g/mol. The van der Waals surface area contributed by atoms with Crippen LogP contribution in [0.25, 0.3) is 0 Å². The highest BCUT2D eigenvalue weighted by Crippen LogP contribution is 2.31. The van der Waals surface area contributed by atoms with Gasteiger partial charge in [-0.05, 0) is 34.8 Å². The van der Waals surface area contributed by atoms with Crippen molar-refractivity contribution in [1.29, 1.82) is 0 Å². The van der Waals surface area contributed by atoms with Crippen molar-refractivity contribution in [3.8, 4) is 0 Å². The number of nitrogens with zero attached hydrogens (tertiary/aromatic N) is 2. The molecule has 0 bridgehead atoms. The van der Waals surface area contributed by atoms with Crippen LogP contribution < -0.4 is 10.2 Å². The highest BCUT2D eigenvalue weighted by Gasteiger charge is 2.22. The average Bonchev–Trinajstić information content (AvgIpc) is 2.38. The predicted octanol–water partition coefficient (Wildman–Crippen LogP) is 2.46. The Morgan fingerprint density at radius 1 is 1.55 bits per heavy atom. The van der Waals surface area contributed by atoms with Crippen LogP contribution in [0.2, 0.25) is 0 Å². The fourth-order valence-electron chi connectivity index (χ4n) is 2.47. The lowest BCUT2D eigenvalue weighted by Gasteiger charge is -2.35. The van der Waals surface area contributed by atoms with Crippen molar-refractivity contribution in [3.63, 3.8) is 0 Å². The second kappa shape index (κ2) is 6.21. The molecule has 1 aromatic carbocycles. The van der Waals surface area contributed by atoms with E-state index in [0.717, 1.165) is 31.6 Å². The topological polar surface area (TPSA) is 75.5 Å². The van der Waals surface area contributed by atoms with Crippen LogP contribution in [0, 0.1) is 10.1 Å². The van der Waals surface area contributed by atoms with E-state index in [-0.39, 0.29) is 17.6 Å². The number of nitro benzene ring substituents is 1. The van der Waals surface area contributed by atoms with E-state index < -0.39 is 4.92 Å². The maximum absolute atomic E-state index is 11.1. The fourth-order valence-corrected chi connectivity index (χ4v) is 3.08. The molecular formula is C13H16BrN3O3. The van der Waals surface area contributed by atoms with Gasteiger partial charge in [-0.25, -0.2) is 0 Å². The van der Waals surface area contributed by atoms with Gasteiger partial charge in [0.05, 0.1) is 10.6 Å². The van der Waals surface area contributed by atoms with E-state index in [4.69, 9.17) is 0 Å². The van der Waals surface area contributed by atoms with Crippen LogP contribution in [-0.4, -0.2) is 30.0 Å². The smallest absolute Gasteiger partial charge is 0.270 e. The van der Waals surface area contributed by atoms with E-state index in [1.54, 1.807) is 6.07 Å².